The summed E-state index contributed by atoms with van der Waals surface area (Å²) in [5.41, 5.74) is 2.66. The number of hydrogen-bond donors (Lipinski definition) is 0. The van der Waals surface area contributed by atoms with Gasteiger partial charge in [0.25, 0.3) is 0 Å². The Morgan fingerprint density at radius 3 is 2.92 bits per heavy atom. The molecule has 3 aromatic rings. The number of benzene rings is 1. The summed E-state index contributed by atoms with van der Waals surface area (Å²) in [6.07, 6.45) is 4.22. The third-order valence-corrected chi connectivity index (χ3v) is 5.27. The van der Waals surface area contributed by atoms with E-state index in [0.717, 1.165) is 43.9 Å². The number of aryl methyl sites for hydroxylation is 2. The van der Waals surface area contributed by atoms with Gasteiger partial charge < -0.3 is 4.57 Å². The van der Waals surface area contributed by atoms with Gasteiger partial charge in [0.15, 0.2) is 5.82 Å². The van der Waals surface area contributed by atoms with Crippen molar-refractivity contribution < 1.29 is 4.39 Å². The Balaban J connectivity index is 1.58. The summed E-state index contributed by atoms with van der Waals surface area (Å²) >= 11 is 0. The first kappa shape index (κ1) is 16.3. The Hall–Kier alpha value is -2.21. The summed E-state index contributed by atoms with van der Waals surface area (Å²) < 4.78 is 18.2. The second kappa shape index (κ2) is 6.59. The number of rotatable bonds is 4. The van der Waals surface area contributed by atoms with Crippen molar-refractivity contribution in [2.24, 2.45) is 7.05 Å². The summed E-state index contributed by atoms with van der Waals surface area (Å²) in [4.78, 5) is 7.05. The van der Waals surface area contributed by atoms with Crippen molar-refractivity contribution in [1.29, 1.82) is 0 Å². The lowest BCUT2D eigenvalue weighted by molar-refractivity contribution is 0.190. The van der Waals surface area contributed by atoms with Gasteiger partial charge in [-0.3, -0.25) is 9.58 Å². The standard InChI is InChI=1S/C19H24FN5/c1-3-25-17-8-4-7-15(20)19(17)22-18(25)13-24-11-5-6-14(12-24)16-9-10-21-23(16)2/h4,7-10,14H,3,5-6,11-13H2,1-2H3. The lowest BCUT2D eigenvalue weighted by atomic mass is 9.94. The van der Waals surface area contributed by atoms with Gasteiger partial charge in [0.2, 0.25) is 0 Å². The number of hydrogen-bond acceptors (Lipinski definition) is 3. The van der Waals surface area contributed by atoms with Crippen molar-refractivity contribution in [2.75, 3.05) is 13.1 Å². The van der Waals surface area contributed by atoms with E-state index in [9.17, 15) is 4.39 Å². The summed E-state index contributed by atoms with van der Waals surface area (Å²) in [5.74, 6) is 1.21. The van der Waals surface area contributed by atoms with Gasteiger partial charge in [-0.15, -0.1) is 0 Å². The van der Waals surface area contributed by atoms with E-state index in [4.69, 9.17) is 0 Å². The van der Waals surface area contributed by atoms with E-state index >= 15 is 0 Å². The van der Waals surface area contributed by atoms with Crippen LogP contribution >= 0.6 is 0 Å². The molecule has 1 unspecified atom stereocenters. The van der Waals surface area contributed by atoms with Crippen LogP contribution in [-0.4, -0.2) is 37.3 Å². The molecule has 1 aliphatic rings. The first-order chi connectivity index (χ1) is 12.2. The predicted octanol–water partition coefficient (Wildman–Crippen LogP) is 3.31. The zero-order valence-electron chi connectivity index (χ0n) is 14.8. The molecule has 4 rings (SSSR count). The Kier molecular flexibility index (Phi) is 4.29. The van der Waals surface area contributed by atoms with Crippen molar-refractivity contribution in [1.82, 2.24) is 24.2 Å². The molecule has 5 nitrogen and oxygen atoms in total. The SMILES string of the molecule is CCn1c(CN2CCCC(c3ccnn3C)C2)nc2c(F)cccc21. The monoisotopic (exact) mass is 341 g/mol. The van der Waals surface area contributed by atoms with Crippen LogP contribution in [0.15, 0.2) is 30.5 Å². The van der Waals surface area contributed by atoms with E-state index < -0.39 is 0 Å². The zero-order valence-corrected chi connectivity index (χ0v) is 14.8. The van der Waals surface area contributed by atoms with Crippen molar-refractivity contribution in [3.8, 4) is 0 Å². The van der Waals surface area contributed by atoms with Gasteiger partial charge in [0, 0.05) is 37.9 Å². The maximum Gasteiger partial charge on any atom is 0.151 e. The van der Waals surface area contributed by atoms with Gasteiger partial charge in [-0.25, -0.2) is 9.37 Å². The second-order valence-electron chi connectivity index (χ2n) is 6.83. The molecular formula is C19H24FN5. The highest BCUT2D eigenvalue weighted by Crippen LogP contribution is 2.28. The Labute approximate surface area is 147 Å². The number of piperidine rings is 1. The van der Waals surface area contributed by atoms with Crippen LogP contribution < -0.4 is 0 Å². The molecule has 0 radical (unpaired) electrons. The Bertz CT molecular complexity index is 881. The fourth-order valence-electron chi connectivity index (χ4n) is 4.06. The molecule has 1 fully saturated rings. The van der Waals surface area contributed by atoms with Crippen molar-refractivity contribution >= 4 is 11.0 Å². The topological polar surface area (TPSA) is 38.9 Å². The molecule has 0 amide bonds. The number of fused-ring (bicyclic) bond motifs is 1. The minimum Gasteiger partial charge on any atom is -0.327 e. The van der Waals surface area contributed by atoms with Gasteiger partial charge in [-0.1, -0.05) is 6.07 Å². The molecule has 132 valence electrons. The smallest absolute Gasteiger partial charge is 0.151 e. The van der Waals surface area contributed by atoms with E-state index in [1.807, 2.05) is 24.0 Å². The van der Waals surface area contributed by atoms with Crippen LogP contribution in [0.25, 0.3) is 11.0 Å². The highest BCUT2D eigenvalue weighted by molar-refractivity contribution is 5.76. The molecule has 1 saturated heterocycles. The van der Waals surface area contributed by atoms with Crippen molar-refractivity contribution in [2.45, 2.75) is 38.8 Å². The maximum atomic E-state index is 14.1. The Morgan fingerprint density at radius 1 is 1.28 bits per heavy atom. The van der Waals surface area contributed by atoms with Crippen molar-refractivity contribution in [3.63, 3.8) is 0 Å². The fraction of sp³-hybridized carbons (Fsp3) is 0.474. The molecule has 25 heavy (non-hydrogen) atoms. The van der Waals surface area contributed by atoms with Gasteiger partial charge in [-0.05, 0) is 44.5 Å². The summed E-state index contributed by atoms with van der Waals surface area (Å²) in [7, 11) is 2.01. The van der Waals surface area contributed by atoms with Crippen LogP contribution in [0.5, 0.6) is 0 Å². The average molecular weight is 341 g/mol. The molecular weight excluding hydrogens is 317 g/mol. The highest BCUT2D eigenvalue weighted by Gasteiger charge is 2.25. The maximum absolute atomic E-state index is 14.1. The second-order valence-corrected chi connectivity index (χ2v) is 6.83. The minimum atomic E-state index is -0.239. The van der Waals surface area contributed by atoms with Gasteiger partial charge in [-0.2, -0.15) is 5.10 Å². The lowest BCUT2D eigenvalue weighted by Crippen LogP contribution is -2.35. The predicted molar refractivity (Wildman–Crippen MR) is 95.8 cm³/mol. The third kappa shape index (κ3) is 2.95. The van der Waals surface area contributed by atoms with E-state index in [2.05, 4.69) is 32.5 Å². The fourth-order valence-corrected chi connectivity index (χ4v) is 4.06. The third-order valence-electron chi connectivity index (χ3n) is 5.27. The number of nitrogens with zero attached hydrogens (tertiary/aromatic N) is 5. The van der Waals surface area contributed by atoms with Crippen LogP contribution in [-0.2, 0) is 20.1 Å². The number of halogens is 1. The number of imidazole rings is 1. The van der Waals surface area contributed by atoms with Gasteiger partial charge in [0.05, 0.1) is 12.1 Å². The first-order valence-electron chi connectivity index (χ1n) is 9.01. The minimum absolute atomic E-state index is 0.239. The molecule has 0 bridgehead atoms. The molecule has 1 aromatic carbocycles. The largest absolute Gasteiger partial charge is 0.327 e. The quantitative estimate of drug-likeness (QED) is 0.731. The van der Waals surface area contributed by atoms with Crippen LogP contribution in [0.3, 0.4) is 0 Å². The highest BCUT2D eigenvalue weighted by atomic mass is 19.1. The molecule has 1 atom stereocenters. The first-order valence-corrected chi connectivity index (χ1v) is 9.01. The van der Waals surface area contributed by atoms with Crippen LogP contribution in [0.1, 0.15) is 37.2 Å². The summed E-state index contributed by atoms with van der Waals surface area (Å²) in [5, 5.41) is 4.31. The molecule has 0 saturated carbocycles. The normalized spacial score (nSPS) is 18.9. The van der Waals surface area contributed by atoms with Gasteiger partial charge >= 0.3 is 0 Å². The molecule has 6 heteroatoms. The average Bonchev–Trinajstić information content (AvgIpc) is 3.19. The Morgan fingerprint density at radius 2 is 2.16 bits per heavy atom. The molecule has 1 aliphatic heterocycles. The lowest BCUT2D eigenvalue weighted by Gasteiger charge is -2.32. The molecule has 3 heterocycles. The summed E-state index contributed by atoms with van der Waals surface area (Å²) in [6, 6.07) is 7.31. The molecule has 0 aliphatic carbocycles. The van der Waals surface area contributed by atoms with E-state index in [1.54, 1.807) is 6.07 Å². The van der Waals surface area contributed by atoms with E-state index in [-0.39, 0.29) is 5.82 Å². The zero-order chi connectivity index (χ0) is 17.4. The van der Waals surface area contributed by atoms with Crippen LogP contribution in [0, 0.1) is 5.82 Å². The molecule has 0 N–H and O–H groups in total. The van der Waals surface area contributed by atoms with Crippen molar-refractivity contribution in [3.05, 3.63) is 47.8 Å². The molecule has 0 spiro atoms. The van der Waals surface area contributed by atoms with Gasteiger partial charge in [0.1, 0.15) is 11.3 Å². The number of aromatic nitrogens is 4. The number of para-hydroxylation sites is 1. The van der Waals surface area contributed by atoms with E-state index in [0.29, 0.717) is 11.4 Å². The number of likely N-dealkylation sites (tertiary alicyclic amines) is 1. The molecule has 2 aromatic heterocycles. The summed E-state index contributed by atoms with van der Waals surface area (Å²) in [6.45, 7) is 5.70. The van der Waals surface area contributed by atoms with Crippen LogP contribution in [0.4, 0.5) is 4.39 Å². The van der Waals surface area contributed by atoms with Crippen LogP contribution in [0.2, 0.25) is 0 Å². The van der Waals surface area contributed by atoms with E-state index in [1.165, 1.54) is 18.2 Å².